The van der Waals surface area contributed by atoms with Crippen LogP contribution in [0.4, 0.5) is 5.69 Å². The van der Waals surface area contributed by atoms with Crippen LogP contribution in [0, 0.1) is 6.92 Å². The number of nitrogens with zero attached hydrogens (tertiary/aromatic N) is 3. The average molecular weight is 343 g/mol. The lowest BCUT2D eigenvalue weighted by molar-refractivity contribution is 0.102. The summed E-state index contributed by atoms with van der Waals surface area (Å²) in [5, 5.41) is 7.45. The number of rotatable bonds is 4. The van der Waals surface area contributed by atoms with Crippen LogP contribution in [0.15, 0.2) is 43.1 Å². The van der Waals surface area contributed by atoms with E-state index in [0.717, 1.165) is 5.69 Å². The molecule has 0 bridgehead atoms. The van der Waals surface area contributed by atoms with Crippen LogP contribution in [-0.4, -0.2) is 27.6 Å². The Labute approximate surface area is 143 Å². The number of fused-ring (bicyclic) bond motifs is 1. The van der Waals surface area contributed by atoms with Crippen LogP contribution in [0.1, 0.15) is 21.7 Å². The number of para-hydroxylation sites is 1. The van der Waals surface area contributed by atoms with Crippen LogP contribution < -0.4 is 5.32 Å². The van der Waals surface area contributed by atoms with E-state index in [4.69, 9.17) is 16.3 Å². The van der Waals surface area contributed by atoms with Gasteiger partial charge in [0.05, 0.1) is 24.0 Å². The Kier molecular flexibility index (Phi) is 4.22. The van der Waals surface area contributed by atoms with Gasteiger partial charge in [0.25, 0.3) is 5.91 Å². The van der Waals surface area contributed by atoms with E-state index in [-0.39, 0.29) is 5.91 Å². The maximum atomic E-state index is 12.6. The molecule has 7 heteroatoms. The fourth-order valence-corrected chi connectivity index (χ4v) is 2.46. The summed E-state index contributed by atoms with van der Waals surface area (Å²) >= 11 is 6.08. The van der Waals surface area contributed by atoms with Crippen molar-refractivity contribution in [3.8, 4) is 0 Å². The number of nitrogens with one attached hydrogen (secondary N) is 1. The van der Waals surface area contributed by atoms with E-state index < -0.39 is 0 Å². The first kappa shape index (κ1) is 16.0. The van der Waals surface area contributed by atoms with Crippen LogP contribution >= 0.6 is 11.6 Å². The summed E-state index contributed by atoms with van der Waals surface area (Å²) < 4.78 is 6.72. The lowest BCUT2D eigenvalue weighted by Gasteiger charge is -2.08. The normalized spacial score (nSPS) is 10.6. The molecule has 2 aromatic heterocycles. The zero-order chi connectivity index (χ0) is 17.3. The maximum Gasteiger partial charge on any atom is 0.261 e. The third-order valence-corrected chi connectivity index (χ3v) is 3.88. The molecule has 0 saturated heterocycles. The zero-order valence-electron chi connectivity index (χ0n) is 13.2. The second-order valence-electron chi connectivity index (χ2n) is 5.14. The number of aryl methyl sites for hydroxylation is 1. The first-order valence-electron chi connectivity index (χ1n) is 7.16. The Morgan fingerprint density at radius 1 is 1.38 bits per heavy atom. The van der Waals surface area contributed by atoms with E-state index in [1.165, 1.54) is 13.3 Å². The summed E-state index contributed by atoms with van der Waals surface area (Å²) in [6.07, 6.45) is 1.47. The molecule has 1 amide bonds. The molecule has 0 aliphatic rings. The number of anilines is 1. The number of hydrogen-bond donors (Lipinski definition) is 1. The van der Waals surface area contributed by atoms with Crippen LogP contribution in [0.2, 0.25) is 5.02 Å². The van der Waals surface area contributed by atoms with Gasteiger partial charge in [-0.1, -0.05) is 30.3 Å². The van der Waals surface area contributed by atoms with Crippen LogP contribution in [-0.2, 0) is 4.74 Å². The minimum absolute atomic E-state index is 0.337. The standard InChI is InChI=1S/C17H15ClN4O2/c1-10-8-15(11(2)24-3)20-16-12(9-19-22(10)16)17(23)21-14-7-5-4-6-13(14)18/h4-9H,2H2,1,3H3,(H,21,23). The van der Waals surface area contributed by atoms with Gasteiger partial charge in [0.15, 0.2) is 5.65 Å². The van der Waals surface area contributed by atoms with Gasteiger partial charge in [0.2, 0.25) is 0 Å². The third kappa shape index (κ3) is 2.83. The molecule has 1 aromatic carbocycles. The van der Waals surface area contributed by atoms with E-state index in [2.05, 4.69) is 22.0 Å². The fourth-order valence-electron chi connectivity index (χ4n) is 2.27. The molecular weight excluding hydrogens is 328 g/mol. The van der Waals surface area contributed by atoms with Crippen molar-refractivity contribution < 1.29 is 9.53 Å². The van der Waals surface area contributed by atoms with Gasteiger partial charge in [-0.05, 0) is 25.1 Å². The van der Waals surface area contributed by atoms with Gasteiger partial charge in [-0.15, -0.1) is 0 Å². The maximum absolute atomic E-state index is 12.6. The van der Waals surface area contributed by atoms with Crippen molar-refractivity contribution in [2.24, 2.45) is 0 Å². The highest BCUT2D eigenvalue weighted by Crippen LogP contribution is 2.22. The Morgan fingerprint density at radius 3 is 2.83 bits per heavy atom. The molecule has 6 nitrogen and oxygen atoms in total. The Bertz CT molecular complexity index is 949. The molecule has 0 atom stereocenters. The first-order valence-corrected chi connectivity index (χ1v) is 7.53. The van der Waals surface area contributed by atoms with Crippen LogP contribution in [0.3, 0.4) is 0 Å². The molecule has 0 spiro atoms. The highest BCUT2D eigenvalue weighted by molar-refractivity contribution is 6.34. The number of ether oxygens (including phenoxy) is 1. The fraction of sp³-hybridized carbons (Fsp3) is 0.118. The lowest BCUT2D eigenvalue weighted by Crippen LogP contribution is -2.13. The highest BCUT2D eigenvalue weighted by Gasteiger charge is 2.17. The second kappa shape index (κ2) is 6.33. The molecule has 0 saturated carbocycles. The van der Waals surface area contributed by atoms with Crippen molar-refractivity contribution in [3.63, 3.8) is 0 Å². The quantitative estimate of drug-likeness (QED) is 0.736. The largest absolute Gasteiger partial charge is 0.495 e. The predicted octanol–water partition coefficient (Wildman–Crippen LogP) is 3.56. The SMILES string of the molecule is C=C(OC)c1cc(C)n2ncc(C(=O)Nc3ccccc3Cl)c2n1. The van der Waals surface area contributed by atoms with Gasteiger partial charge in [0, 0.05) is 5.69 Å². The highest BCUT2D eigenvalue weighted by atomic mass is 35.5. The Balaban J connectivity index is 2.03. The Morgan fingerprint density at radius 2 is 2.12 bits per heavy atom. The average Bonchev–Trinajstić information content (AvgIpc) is 3.00. The number of methoxy groups -OCH3 is 1. The molecule has 3 aromatic rings. The van der Waals surface area contributed by atoms with Gasteiger partial charge in [-0.25, -0.2) is 9.50 Å². The number of carbonyl (C=O) groups excluding carboxylic acids is 1. The van der Waals surface area contributed by atoms with Crippen molar-refractivity contribution in [2.75, 3.05) is 12.4 Å². The van der Waals surface area contributed by atoms with E-state index in [1.807, 2.05) is 6.92 Å². The molecule has 0 fully saturated rings. The zero-order valence-corrected chi connectivity index (χ0v) is 14.0. The molecule has 24 heavy (non-hydrogen) atoms. The monoisotopic (exact) mass is 342 g/mol. The predicted molar refractivity (Wildman–Crippen MR) is 93.2 cm³/mol. The number of benzene rings is 1. The van der Waals surface area contributed by atoms with Gasteiger partial charge >= 0.3 is 0 Å². The van der Waals surface area contributed by atoms with E-state index in [0.29, 0.717) is 33.4 Å². The molecule has 1 N–H and O–H groups in total. The smallest absolute Gasteiger partial charge is 0.261 e. The van der Waals surface area contributed by atoms with Crippen molar-refractivity contribution in [3.05, 3.63) is 65.1 Å². The van der Waals surface area contributed by atoms with Crippen molar-refractivity contribution in [1.29, 1.82) is 0 Å². The summed E-state index contributed by atoms with van der Waals surface area (Å²) in [6, 6.07) is 8.81. The minimum atomic E-state index is -0.342. The lowest BCUT2D eigenvalue weighted by atomic mass is 10.2. The summed E-state index contributed by atoms with van der Waals surface area (Å²) in [5.41, 5.74) is 2.65. The molecule has 122 valence electrons. The van der Waals surface area contributed by atoms with Crippen LogP contribution in [0.5, 0.6) is 0 Å². The first-order chi connectivity index (χ1) is 11.5. The number of carbonyl (C=O) groups is 1. The summed E-state index contributed by atoms with van der Waals surface area (Å²) in [6.45, 7) is 5.66. The molecule has 0 unspecified atom stereocenters. The topological polar surface area (TPSA) is 68.5 Å². The van der Waals surface area contributed by atoms with Gasteiger partial charge in [-0.2, -0.15) is 5.10 Å². The Hall–Kier alpha value is -2.86. The molecule has 0 radical (unpaired) electrons. The van der Waals surface area contributed by atoms with Gasteiger partial charge in [0.1, 0.15) is 17.0 Å². The van der Waals surface area contributed by atoms with E-state index >= 15 is 0 Å². The summed E-state index contributed by atoms with van der Waals surface area (Å²) in [4.78, 5) is 17.0. The number of aromatic nitrogens is 3. The third-order valence-electron chi connectivity index (χ3n) is 3.55. The summed E-state index contributed by atoms with van der Waals surface area (Å²) in [7, 11) is 1.52. The van der Waals surface area contributed by atoms with Crippen molar-refractivity contribution >= 4 is 34.6 Å². The van der Waals surface area contributed by atoms with Gasteiger partial charge in [-0.3, -0.25) is 4.79 Å². The minimum Gasteiger partial charge on any atom is -0.495 e. The van der Waals surface area contributed by atoms with E-state index in [1.54, 1.807) is 34.8 Å². The number of halogens is 1. The van der Waals surface area contributed by atoms with Gasteiger partial charge < -0.3 is 10.1 Å². The van der Waals surface area contributed by atoms with E-state index in [9.17, 15) is 4.79 Å². The number of amides is 1. The van der Waals surface area contributed by atoms with Crippen LogP contribution in [0.25, 0.3) is 11.4 Å². The molecule has 0 aliphatic heterocycles. The number of hydrogen-bond acceptors (Lipinski definition) is 4. The van der Waals surface area contributed by atoms with Crippen molar-refractivity contribution in [2.45, 2.75) is 6.92 Å². The molecule has 0 aliphatic carbocycles. The molecular formula is C17H15ClN4O2. The molecule has 2 heterocycles. The van der Waals surface area contributed by atoms with Crippen molar-refractivity contribution in [1.82, 2.24) is 14.6 Å². The second-order valence-corrected chi connectivity index (χ2v) is 5.54. The molecule has 3 rings (SSSR count). The summed E-state index contributed by atoms with van der Waals surface area (Å²) in [5.74, 6) is 0.0736.